The quantitative estimate of drug-likeness (QED) is 0.814. The lowest BCUT2D eigenvalue weighted by molar-refractivity contribution is 0.142. The maximum Gasteiger partial charge on any atom is 0.123 e. The van der Waals surface area contributed by atoms with E-state index in [1.54, 1.807) is 12.4 Å². The summed E-state index contributed by atoms with van der Waals surface area (Å²) in [6, 6.07) is 3.75. The average Bonchev–Trinajstić information content (AvgIpc) is 2.31. The molecule has 0 aliphatic carbocycles. The van der Waals surface area contributed by atoms with Crippen molar-refractivity contribution in [3.8, 4) is 5.75 Å². The molecule has 1 aromatic rings. The highest BCUT2D eigenvalue weighted by Gasteiger charge is 2.17. The van der Waals surface area contributed by atoms with Crippen LogP contribution in [0.25, 0.3) is 0 Å². The standard InChI is InChI=1S/C8H10N2O.2C2H6/c1-3-9-4-2-7(1)11-8-5-10-6-8;2*1-2/h1-4,8,10H,5-6H2;2*1-2H3. The third-order valence-corrected chi connectivity index (χ3v) is 1.70. The Morgan fingerprint density at radius 1 is 1.13 bits per heavy atom. The van der Waals surface area contributed by atoms with E-state index in [1.165, 1.54) is 0 Å². The Labute approximate surface area is 92.9 Å². The van der Waals surface area contributed by atoms with E-state index >= 15 is 0 Å². The first kappa shape index (κ1) is 13.9. The molecule has 1 aliphatic heterocycles. The summed E-state index contributed by atoms with van der Waals surface area (Å²) < 4.78 is 5.55. The molecule has 0 atom stereocenters. The van der Waals surface area contributed by atoms with Crippen LogP contribution in [0.3, 0.4) is 0 Å². The topological polar surface area (TPSA) is 34.1 Å². The largest absolute Gasteiger partial charge is 0.488 e. The molecule has 0 saturated carbocycles. The van der Waals surface area contributed by atoms with Crippen LogP contribution in [-0.4, -0.2) is 24.2 Å². The van der Waals surface area contributed by atoms with E-state index in [1.807, 2.05) is 39.8 Å². The highest BCUT2D eigenvalue weighted by atomic mass is 16.5. The van der Waals surface area contributed by atoms with Crippen molar-refractivity contribution in [2.24, 2.45) is 0 Å². The Bertz CT molecular complexity index is 222. The smallest absolute Gasteiger partial charge is 0.123 e. The van der Waals surface area contributed by atoms with E-state index in [-0.39, 0.29) is 0 Å². The van der Waals surface area contributed by atoms with Gasteiger partial charge >= 0.3 is 0 Å². The lowest BCUT2D eigenvalue weighted by atomic mass is 10.2. The second-order valence-corrected chi connectivity index (χ2v) is 2.58. The highest BCUT2D eigenvalue weighted by Crippen LogP contribution is 2.10. The zero-order valence-corrected chi connectivity index (χ0v) is 10.2. The Balaban J connectivity index is 0.000000442. The van der Waals surface area contributed by atoms with Crippen molar-refractivity contribution in [3.05, 3.63) is 24.5 Å². The number of pyridine rings is 1. The first-order valence-corrected chi connectivity index (χ1v) is 5.72. The van der Waals surface area contributed by atoms with Gasteiger partial charge in [-0.25, -0.2) is 0 Å². The van der Waals surface area contributed by atoms with Crippen molar-refractivity contribution in [2.75, 3.05) is 13.1 Å². The van der Waals surface area contributed by atoms with Crippen LogP contribution in [-0.2, 0) is 0 Å². The summed E-state index contributed by atoms with van der Waals surface area (Å²) in [5.74, 6) is 0.909. The second kappa shape index (κ2) is 9.46. The molecule has 1 N–H and O–H groups in total. The summed E-state index contributed by atoms with van der Waals surface area (Å²) in [5, 5.41) is 3.14. The molecule has 0 radical (unpaired) electrons. The third kappa shape index (κ3) is 5.37. The molecule has 1 saturated heterocycles. The van der Waals surface area contributed by atoms with Crippen LogP contribution in [0.1, 0.15) is 27.7 Å². The minimum Gasteiger partial charge on any atom is -0.488 e. The summed E-state index contributed by atoms with van der Waals surface area (Å²) in [7, 11) is 0. The van der Waals surface area contributed by atoms with Crippen LogP contribution in [0.5, 0.6) is 5.75 Å². The SMILES string of the molecule is CC.CC.c1cc(OC2CNC2)ccn1. The van der Waals surface area contributed by atoms with Crippen molar-refractivity contribution in [3.63, 3.8) is 0 Å². The average molecular weight is 210 g/mol. The molecule has 86 valence electrons. The fourth-order valence-electron chi connectivity index (χ4n) is 0.955. The molecule has 2 rings (SSSR count). The number of ether oxygens (including phenoxy) is 1. The molecule has 1 fully saturated rings. The molecule has 0 amide bonds. The molecule has 1 aliphatic rings. The molecule has 1 aromatic heterocycles. The van der Waals surface area contributed by atoms with Crippen LogP contribution in [0.15, 0.2) is 24.5 Å². The van der Waals surface area contributed by atoms with Crippen molar-refractivity contribution >= 4 is 0 Å². The van der Waals surface area contributed by atoms with Crippen molar-refractivity contribution in [2.45, 2.75) is 33.8 Å². The number of nitrogens with one attached hydrogen (secondary N) is 1. The molecule has 0 unspecified atom stereocenters. The van der Waals surface area contributed by atoms with E-state index in [4.69, 9.17) is 4.74 Å². The van der Waals surface area contributed by atoms with Gasteiger partial charge < -0.3 is 10.1 Å². The van der Waals surface area contributed by atoms with Crippen LogP contribution in [0.4, 0.5) is 0 Å². The highest BCUT2D eigenvalue weighted by molar-refractivity contribution is 5.17. The van der Waals surface area contributed by atoms with E-state index in [9.17, 15) is 0 Å². The molecule has 2 heterocycles. The van der Waals surface area contributed by atoms with Gasteiger partial charge in [-0.05, 0) is 12.1 Å². The summed E-state index contributed by atoms with van der Waals surface area (Å²) in [6.45, 7) is 9.92. The molecular weight excluding hydrogens is 188 g/mol. The Hall–Kier alpha value is -1.09. The minimum atomic E-state index is 0.359. The fourth-order valence-corrected chi connectivity index (χ4v) is 0.955. The van der Waals surface area contributed by atoms with Crippen LogP contribution in [0.2, 0.25) is 0 Å². The molecular formula is C12H22N2O. The predicted octanol–water partition coefficient (Wildman–Crippen LogP) is 2.48. The normalized spacial score (nSPS) is 13.6. The van der Waals surface area contributed by atoms with Crippen LogP contribution >= 0.6 is 0 Å². The molecule has 0 bridgehead atoms. The molecule has 15 heavy (non-hydrogen) atoms. The number of nitrogens with zero attached hydrogens (tertiary/aromatic N) is 1. The number of hydrogen-bond acceptors (Lipinski definition) is 3. The van der Waals surface area contributed by atoms with Gasteiger partial charge in [-0.1, -0.05) is 27.7 Å². The van der Waals surface area contributed by atoms with Gasteiger partial charge in [-0.2, -0.15) is 0 Å². The lowest BCUT2D eigenvalue weighted by Gasteiger charge is -2.27. The molecule has 0 aromatic carbocycles. The van der Waals surface area contributed by atoms with Crippen molar-refractivity contribution < 1.29 is 4.74 Å². The third-order valence-electron chi connectivity index (χ3n) is 1.70. The number of hydrogen-bond donors (Lipinski definition) is 1. The van der Waals surface area contributed by atoms with Crippen LogP contribution in [0, 0.1) is 0 Å². The minimum absolute atomic E-state index is 0.359. The van der Waals surface area contributed by atoms with Crippen LogP contribution < -0.4 is 10.1 Å². The van der Waals surface area contributed by atoms with E-state index in [0.29, 0.717) is 6.10 Å². The monoisotopic (exact) mass is 210 g/mol. The number of aromatic nitrogens is 1. The van der Waals surface area contributed by atoms with Gasteiger partial charge in [0.2, 0.25) is 0 Å². The van der Waals surface area contributed by atoms with Gasteiger partial charge in [0.25, 0.3) is 0 Å². The van der Waals surface area contributed by atoms with Crippen molar-refractivity contribution in [1.82, 2.24) is 10.3 Å². The first-order valence-electron chi connectivity index (χ1n) is 5.72. The van der Waals surface area contributed by atoms with E-state index in [2.05, 4.69) is 10.3 Å². The second-order valence-electron chi connectivity index (χ2n) is 2.58. The Kier molecular flexibility index (Phi) is 8.78. The zero-order valence-electron chi connectivity index (χ0n) is 10.2. The predicted molar refractivity (Wildman–Crippen MR) is 64.2 cm³/mol. The molecule has 0 spiro atoms. The number of rotatable bonds is 2. The van der Waals surface area contributed by atoms with Gasteiger partial charge in [-0.3, -0.25) is 4.98 Å². The lowest BCUT2D eigenvalue weighted by Crippen LogP contribution is -2.50. The Morgan fingerprint density at radius 2 is 1.67 bits per heavy atom. The first-order chi connectivity index (χ1) is 7.45. The maximum absolute atomic E-state index is 5.55. The van der Waals surface area contributed by atoms with E-state index < -0.39 is 0 Å². The summed E-state index contributed by atoms with van der Waals surface area (Å²) >= 11 is 0. The van der Waals surface area contributed by atoms with Gasteiger partial charge in [0.1, 0.15) is 11.9 Å². The van der Waals surface area contributed by atoms with E-state index in [0.717, 1.165) is 18.8 Å². The molecule has 3 heteroatoms. The molecule has 3 nitrogen and oxygen atoms in total. The maximum atomic E-state index is 5.55. The van der Waals surface area contributed by atoms with Gasteiger partial charge in [0.15, 0.2) is 0 Å². The zero-order chi connectivity index (χ0) is 11.5. The van der Waals surface area contributed by atoms with Crippen molar-refractivity contribution in [1.29, 1.82) is 0 Å². The summed E-state index contributed by atoms with van der Waals surface area (Å²) in [4.78, 5) is 3.90. The Morgan fingerprint density at radius 3 is 2.07 bits per heavy atom. The van der Waals surface area contributed by atoms with Gasteiger partial charge in [0, 0.05) is 25.5 Å². The van der Waals surface area contributed by atoms with Gasteiger partial charge in [0.05, 0.1) is 0 Å². The fraction of sp³-hybridized carbons (Fsp3) is 0.583. The summed E-state index contributed by atoms with van der Waals surface area (Å²) in [6.07, 6.45) is 3.83. The summed E-state index contributed by atoms with van der Waals surface area (Å²) in [5.41, 5.74) is 0. The van der Waals surface area contributed by atoms with Gasteiger partial charge in [-0.15, -0.1) is 0 Å².